The predicted octanol–water partition coefficient (Wildman–Crippen LogP) is 6.85. The second-order valence-electron chi connectivity index (χ2n) is 10.1. The molecule has 4 aromatic rings. The zero-order valence-electron chi connectivity index (χ0n) is 20.7. The second kappa shape index (κ2) is 9.45. The van der Waals surface area contributed by atoms with Gasteiger partial charge in [0.25, 0.3) is 0 Å². The lowest BCUT2D eigenvalue weighted by molar-refractivity contribution is -0.732. The van der Waals surface area contributed by atoms with Crippen LogP contribution in [-0.2, 0) is 10.2 Å². The summed E-state index contributed by atoms with van der Waals surface area (Å²) in [4.78, 5) is 12.9. The molecule has 2 bridgehead atoms. The van der Waals surface area contributed by atoms with Gasteiger partial charge >= 0.3 is 5.97 Å². The predicted molar refractivity (Wildman–Crippen MR) is 135 cm³/mol. The van der Waals surface area contributed by atoms with Crippen molar-refractivity contribution < 1.29 is 22.9 Å². The van der Waals surface area contributed by atoms with Crippen molar-refractivity contribution in [3.8, 4) is 5.75 Å². The summed E-state index contributed by atoms with van der Waals surface area (Å²) in [6.45, 7) is 2.20. The first kappa shape index (κ1) is 22.8. The second-order valence-corrected chi connectivity index (χ2v) is 10.1. The summed E-state index contributed by atoms with van der Waals surface area (Å²) < 4.78 is 19.7. The van der Waals surface area contributed by atoms with Crippen LogP contribution in [0.15, 0.2) is 88.6 Å². The van der Waals surface area contributed by atoms with Gasteiger partial charge < -0.3 is 13.6 Å². The number of fused-ring (bicyclic) bond motifs is 1. The first-order valence-corrected chi connectivity index (χ1v) is 13.1. The molecule has 3 aliphatic rings. The summed E-state index contributed by atoms with van der Waals surface area (Å²) in [5.41, 5.74) is 5.34. The Morgan fingerprint density at radius 3 is 2.47 bits per heavy atom. The number of aromatic nitrogens is 1. The highest BCUT2D eigenvalue weighted by Gasteiger charge is 2.61. The highest BCUT2D eigenvalue weighted by Crippen LogP contribution is 2.61. The molecule has 0 radical (unpaired) electrons. The van der Waals surface area contributed by atoms with Crippen LogP contribution in [0, 0.1) is 0 Å². The average molecular weight is 483 g/mol. The molecule has 0 spiro atoms. The number of hydrogen-bond donors (Lipinski definition) is 0. The van der Waals surface area contributed by atoms with Crippen molar-refractivity contribution in [3.05, 3.63) is 108 Å². The normalized spacial score (nSPS) is 19.0. The van der Waals surface area contributed by atoms with Gasteiger partial charge in [-0.25, -0.2) is 0 Å². The van der Waals surface area contributed by atoms with Gasteiger partial charge in [0.2, 0.25) is 0 Å². The lowest BCUT2D eigenvalue weighted by Crippen LogP contribution is -2.60. The fourth-order valence-corrected chi connectivity index (χ4v) is 6.49. The summed E-state index contributed by atoms with van der Waals surface area (Å²) in [5, 5.41) is 0. The highest BCUT2D eigenvalue weighted by molar-refractivity contribution is 5.73. The minimum Gasteiger partial charge on any atom is -0.472 e. The topological polar surface area (TPSA) is 56.5 Å². The zero-order chi connectivity index (χ0) is 24.5. The summed E-state index contributed by atoms with van der Waals surface area (Å²) in [5.74, 6) is 0.453. The standard InChI is InChI=1S/C31H32NO4/c1-2-3-4-5-6-13-28(33)36-27-12-9-10-24-26-19-31(22-14-17-34-20-22,23-15-18-35-21-23)30(29(24)27)25-11-7-8-16-32(25)26/h7-12,14-18,20-21,26,30H,2-6,13,19H2,1H3/q+1. The molecule has 0 saturated heterocycles. The van der Waals surface area contributed by atoms with E-state index in [0.29, 0.717) is 12.2 Å². The Morgan fingerprint density at radius 1 is 0.972 bits per heavy atom. The van der Waals surface area contributed by atoms with Crippen LogP contribution in [0.3, 0.4) is 0 Å². The van der Waals surface area contributed by atoms with E-state index in [0.717, 1.165) is 36.0 Å². The third-order valence-corrected chi connectivity index (χ3v) is 8.09. The number of benzene rings is 1. The molecule has 0 saturated carbocycles. The fraction of sp³-hybridized carbons (Fsp3) is 0.355. The third-order valence-electron chi connectivity index (χ3n) is 8.09. The van der Waals surface area contributed by atoms with Crippen molar-refractivity contribution in [2.75, 3.05) is 0 Å². The number of rotatable bonds is 9. The van der Waals surface area contributed by atoms with Crippen molar-refractivity contribution in [1.29, 1.82) is 0 Å². The minimum atomic E-state index is -0.401. The number of esters is 1. The summed E-state index contributed by atoms with van der Waals surface area (Å²) >= 11 is 0. The Hall–Kier alpha value is -3.60. The van der Waals surface area contributed by atoms with E-state index in [1.54, 1.807) is 12.5 Å². The largest absolute Gasteiger partial charge is 0.472 e. The van der Waals surface area contributed by atoms with E-state index in [4.69, 9.17) is 13.6 Å². The molecule has 2 atom stereocenters. The van der Waals surface area contributed by atoms with E-state index in [2.05, 4.69) is 54.1 Å². The van der Waals surface area contributed by atoms with Gasteiger partial charge in [-0.15, -0.1) is 0 Å². The van der Waals surface area contributed by atoms with Gasteiger partial charge in [0.15, 0.2) is 17.9 Å². The quantitative estimate of drug-likeness (QED) is 0.113. The molecule has 1 aromatic carbocycles. The van der Waals surface area contributed by atoms with E-state index >= 15 is 0 Å². The molecule has 2 aliphatic heterocycles. The van der Waals surface area contributed by atoms with E-state index in [-0.39, 0.29) is 17.9 Å². The smallest absolute Gasteiger partial charge is 0.311 e. The Labute approximate surface area is 211 Å². The number of nitrogens with zero attached hydrogens (tertiary/aromatic N) is 1. The molecule has 5 heterocycles. The van der Waals surface area contributed by atoms with Crippen molar-refractivity contribution in [1.82, 2.24) is 0 Å². The van der Waals surface area contributed by atoms with Crippen LogP contribution in [0.4, 0.5) is 0 Å². The van der Waals surface area contributed by atoms with E-state index in [9.17, 15) is 4.79 Å². The molecule has 0 N–H and O–H groups in total. The van der Waals surface area contributed by atoms with Gasteiger partial charge in [-0.05, 0) is 24.6 Å². The van der Waals surface area contributed by atoms with Crippen molar-refractivity contribution in [2.45, 2.75) is 69.2 Å². The molecule has 184 valence electrons. The van der Waals surface area contributed by atoms with Crippen LogP contribution in [0.5, 0.6) is 5.75 Å². The lowest BCUT2D eigenvalue weighted by atomic mass is 9.54. The first-order valence-electron chi connectivity index (χ1n) is 13.1. The molecule has 3 aromatic heterocycles. The molecule has 0 fully saturated rings. The van der Waals surface area contributed by atoms with Gasteiger partial charge in [-0.1, -0.05) is 50.8 Å². The van der Waals surface area contributed by atoms with Crippen molar-refractivity contribution >= 4 is 5.97 Å². The molecular formula is C31H32NO4+. The van der Waals surface area contributed by atoms with Gasteiger partial charge in [0.05, 0.1) is 36.4 Å². The van der Waals surface area contributed by atoms with Crippen LogP contribution >= 0.6 is 0 Å². The molecule has 0 amide bonds. The zero-order valence-corrected chi connectivity index (χ0v) is 20.7. The number of ether oxygens (including phenoxy) is 1. The first-order chi connectivity index (χ1) is 17.7. The number of carbonyl (C=O) groups is 1. The van der Waals surface area contributed by atoms with Gasteiger partial charge in [0, 0.05) is 47.2 Å². The summed E-state index contributed by atoms with van der Waals surface area (Å²) in [6.07, 6.45) is 16.2. The molecule has 36 heavy (non-hydrogen) atoms. The average Bonchev–Trinajstić information content (AvgIpc) is 3.64. The number of furan rings is 2. The maximum atomic E-state index is 12.9. The van der Waals surface area contributed by atoms with Gasteiger partial charge in [0.1, 0.15) is 5.75 Å². The lowest BCUT2D eigenvalue weighted by Gasteiger charge is -2.48. The Kier molecular flexibility index (Phi) is 6.00. The fourth-order valence-electron chi connectivity index (χ4n) is 6.49. The molecule has 1 aliphatic carbocycles. The van der Waals surface area contributed by atoms with Crippen LogP contribution < -0.4 is 9.30 Å². The summed E-state index contributed by atoms with van der Waals surface area (Å²) in [7, 11) is 0. The van der Waals surface area contributed by atoms with E-state index in [1.807, 2.05) is 24.7 Å². The highest BCUT2D eigenvalue weighted by atomic mass is 16.5. The number of unbranched alkanes of at least 4 members (excludes halogenated alkanes) is 4. The number of carbonyl (C=O) groups excluding carboxylic acids is 1. The molecule has 5 nitrogen and oxygen atoms in total. The minimum absolute atomic E-state index is 0.0672. The van der Waals surface area contributed by atoms with Crippen molar-refractivity contribution in [2.24, 2.45) is 0 Å². The summed E-state index contributed by atoms with van der Waals surface area (Å²) in [6, 6.07) is 16.8. The molecule has 7 rings (SSSR count). The molecule has 2 unspecified atom stereocenters. The Balaban J connectivity index is 1.45. The maximum Gasteiger partial charge on any atom is 0.311 e. The van der Waals surface area contributed by atoms with Gasteiger partial charge in [-0.3, -0.25) is 4.79 Å². The van der Waals surface area contributed by atoms with Crippen molar-refractivity contribution in [3.63, 3.8) is 0 Å². The monoisotopic (exact) mass is 482 g/mol. The molecular weight excluding hydrogens is 450 g/mol. The SMILES string of the molecule is CCCCCCCC(=O)Oc1cccc2c1C1c3cccc[n+]3C2CC1(c1ccoc1)c1ccoc1. The van der Waals surface area contributed by atoms with Gasteiger partial charge in [-0.2, -0.15) is 4.57 Å². The third kappa shape index (κ3) is 3.60. The van der Waals surface area contributed by atoms with Crippen LogP contribution in [0.25, 0.3) is 0 Å². The Bertz CT molecular complexity index is 1300. The van der Waals surface area contributed by atoms with Crippen LogP contribution in [-0.4, -0.2) is 5.97 Å². The van der Waals surface area contributed by atoms with E-state index in [1.165, 1.54) is 30.5 Å². The maximum absolute atomic E-state index is 12.9. The van der Waals surface area contributed by atoms with Crippen LogP contribution in [0.2, 0.25) is 0 Å². The number of hydrogen-bond acceptors (Lipinski definition) is 4. The molecule has 5 heteroatoms. The van der Waals surface area contributed by atoms with Crippen LogP contribution in [0.1, 0.15) is 91.8 Å². The number of pyridine rings is 1. The van der Waals surface area contributed by atoms with E-state index < -0.39 is 5.41 Å². The Morgan fingerprint density at radius 2 is 1.75 bits per heavy atom.